The van der Waals surface area contributed by atoms with Gasteiger partial charge >= 0.3 is 0 Å². The van der Waals surface area contributed by atoms with Crippen molar-refractivity contribution in [3.05, 3.63) is 0 Å². The first-order chi connectivity index (χ1) is 5.62. The maximum atomic E-state index is 11.1. The van der Waals surface area contributed by atoms with E-state index >= 15 is 0 Å². The highest BCUT2D eigenvalue weighted by Crippen LogP contribution is 1.81. The molecule has 0 aromatic heterocycles. The first-order valence-electron chi connectivity index (χ1n) is 3.73. The van der Waals surface area contributed by atoms with Gasteiger partial charge in [-0.2, -0.15) is 0 Å². The van der Waals surface area contributed by atoms with Crippen LogP contribution in [0.4, 0.5) is 0 Å². The highest BCUT2D eigenvalue weighted by Gasteiger charge is 2.06. The third-order valence-electron chi connectivity index (χ3n) is 1.25. The Morgan fingerprint density at radius 3 is 2.50 bits per heavy atom. The molecular weight excluding hydrogens is 180 g/mol. The van der Waals surface area contributed by atoms with Crippen molar-refractivity contribution in [3.8, 4) is 0 Å². The summed E-state index contributed by atoms with van der Waals surface area (Å²) in [6.45, 7) is 1.20. The summed E-state index contributed by atoms with van der Waals surface area (Å²) in [5, 5.41) is 2.76. The van der Waals surface area contributed by atoms with E-state index in [1.54, 1.807) is 7.05 Å². The highest BCUT2D eigenvalue weighted by molar-refractivity contribution is 7.89. The van der Waals surface area contributed by atoms with Crippen LogP contribution in [0.5, 0.6) is 0 Å². The maximum absolute atomic E-state index is 11.1. The number of hydrogen-bond acceptors (Lipinski definition) is 4. The Balaban J connectivity index is 3.58. The van der Waals surface area contributed by atoms with Gasteiger partial charge in [-0.05, 0) is 7.05 Å². The van der Waals surface area contributed by atoms with Crippen LogP contribution in [0.3, 0.4) is 0 Å². The summed E-state index contributed by atoms with van der Waals surface area (Å²) in [7, 11) is 0.134. The van der Waals surface area contributed by atoms with Gasteiger partial charge in [0, 0.05) is 20.2 Å². The van der Waals surface area contributed by atoms with Gasteiger partial charge < -0.3 is 10.1 Å². The zero-order valence-corrected chi connectivity index (χ0v) is 8.28. The molecular formula is C6H16N2O3S. The predicted octanol–water partition coefficient (Wildman–Crippen LogP) is -1.23. The van der Waals surface area contributed by atoms with Gasteiger partial charge in [0.1, 0.15) is 0 Å². The van der Waals surface area contributed by atoms with Gasteiger partial charge in [-0.3, -0.25) is 0 Å². The van der Waals surface area contributed by atoms with Crippen molar-refractivity contribution in [3.63, 3.8) is 0 Å². The van der Waals surface area contributed by atoms with E-state index in [4.69, 9.17) is 4.74 Å². The summed E-state index contributed by atoms with van der Waals surface area (Å²) in [6.07, 6.45) is 0. The Bertz CT molecular complexity index is 191. The Kier molecular flexibility index (Phi) is 6.27. The van der Waals surface area contributed by atoms with Gasteiger partial charge in [0.05, 0.1) is 12.4 Å². The van der Waals surface area contributed by atoms with Crippen molar-refractivity contribution in [2.45, 2.75) is 0 Å². The molecule has 2 N–H and O–H groups in total. The molecule has 0 rings (SSSR count). The normalized spacial score (nSPS) is 11.8. The molecule has 5 nitrogen and oxygen atoms in total. The summed E-state index contributed by atoms with van der Waals surface area (Å²) in [6, 6.07) is 0. The van der Waals surface area contributed by atoms with Crippen LogP contribution in [-0.4, -0.2) is 48.0 Å². The second kappa shape index (κ2) is 6.36. The van der Waals surface area contributed by atoms with E-state index in [1.165, 1.54) is 7.11 Å². The number of sulfonamides is 1. The Morgan fingerprint density at radius 2 is 2.00 bits per heavy atom. The smallest absolute Gasteiger partial charge is 0.212 e. The third kappa shape index (κ3) is 6.53. The summed E-state index contributed by atoms with van der Waals surface area (Å²) >= 11 is 0. The lowest BCUT2D eigenvalue weighted by Crippen LogP contribution is -2.32. The van der Waals surface area contributed by atoms with E-state index in [-0.39, 0.29) is 5.75 Å². The van der Waals surface area contributed by atoms with Gasteiger partial charge in [0.25, 0.3) is 0 Å². The van der Waals surface area contributed by atoms with Crippen molar-refractivity contribution in [1.82, 2.24) is 10.0 Å². The van der Waals surface area contributed by atoms with E-state index in [1.807, 2.05) is 0 Å². The second-order valence-corrected chi connectivity index (χ2v) is 4.24. The maximum Gasteiger partial charge on any atom is 0.212 e. The Morgan fingerprint density at radius 1 is 1.33 bits per heavy atom. The van der Waals surface area contributed by atoms with Crippen molar-refractivity contribution in [2.24, 2.45) is 0 Å². The van der Waals surface area contributed by atoms with Crippen LogP contribution < -0.4 is 10.0 Å². The zero-order chi connectivity index (χ0) is 9.45. The lowest BCUT2D eigenvalue weighted by molar-refractivity contribution is 0.204. The monoisotopic (exact) mass is 196 g/mol. The predicted molar refractivity (Wildman–Crippen MR) is 47.6 cm³/mol. The molecule has 0 aliphatic heterocycles. The topological polar surface area (TPSA) is 67.4 Å². The minimum absolute atomic E-state index is 0.104. The molecule has 0 atom stereocenters. The van der Waals surface area contributed by atoms with Crippen molar-refractivity contribution < 1.29 is 13.2 Å². The van der Waals surface area contributed by atoms with E-state index < -0.39 is 10.0 Å². The Hall–Kier alpha value is -0.170. The Labute approximate surface area is 73.5 Å². The first kappa shape index (κ1) is 11.8. The van der Waals surface area contributed by atoms with Gasteiger partial charge in [0.15, 0.2) is 0 Å². The highest BCUT2D eigenvalue weighted by atomic mass is 32.2. The van der Waals surface area contributed by atoms with Crippen molar-refractivity contribution in [1.29, 1.82) is 0 Å². The molecule has 0 heterocycles. The molecule has 74 valence electrons. The van der Waals surface area contributed by atoms with Crippen LogP contribution in [0.2, 0.25) is 0 Å². The average molecular weight is 196 g/mol. The lowest BCUT2D eigenvalue weighted by atomic mass is 10.7. The largest absolute Gasteiger partial charge is 0.383 e. The van der Waals surface area contributed by atoms with Gasteiger partial charge in [-0.15, -0.1) is 0 Å². The molecule has 0 amide bonds. The number of rotatable bonds is 7. The third-order valence-corrected chi connectivity index (χ3v) is 2.63. The van der Waals surface area contributed by atoms with Crippen LogP contribution in [0.15, 0.2) is 0 Å². The van der Waals surface area contributed by atoms with Crippen LogP contribution in [0, 0.1) is 0 Å². The van der Waals surface area contributed by atoms with Gasteiger partial charge in [0.2, 0.25) is 10.0 Å². The van der Waals surface area contributed by atoms with E-state index in [0.717, 1.165) is 0 Å². The summed E-state index contributed by atoms with van der Waals surface area (Å²) < 4.78 is 29.2. The SMILES string of the molecule is CNCCS(=O)(=O)NCCOC. The molecule has 0 bridgehead atoms. The average Bonchev–Trinajstić information content (AvgIpc) is 2.01. The fourth-order valence-corrected chi connectivity index (χ4v) is 1.62. The van der Waals surface area contributed by atoms with E-state index in [2.05, 4.69) is 10.0 Å². The fourth-order valence-electron chi connectivity index (χ4n) is 0.608. The van der Waals surface area contributed by atoms with Crippen molar-refractivity contribution in [2.75, 3.05) is 39.6 Å². The molecule has 0 saturated carbocycles. The summed E-state index contributed by atoms with van der Waals surface area (Å²) in [4.78, 5) is 0. The molecule has 0 fully saturated rings. The quantitative estimate of drug-likeness (QED) is 0.500. The van der Waals surface area contributed by atoms with Gasteiger partial charge in [-0.1, -0.05) is 0 Å². The summed E-state index contributed by atoms with van der Waals surface area (Å²) in [5.41, 5.74) is 0. The number of nitrogens with one attached hydrogen (secondary N) is 2. The minimum atomic E-state index is -3.11. The lowest BCUT2D eigenvalue weighted by Gasteiger charge is -2.04. The van der Waals surface area contributed by atoms with Crippen LogP contribution in [0.1, 0.15) is 0 Å². The second-order valence-electron chi connectivity index (χ2n) is 2.31. The van der Waals surface area contributed by atoms with Crippen LogP contribution in [0.25, 0.3) is 0 Å². The zero-order valence-electron chi connectivity index (χ0n) is 7.46. The fraction of sp³-hybridized carbons (Fsp3) is 1.00. The van der Waals surface area contributed by atoms with E-state index in [9.17, 15) is 8.42 Å². The first-order valence-corrected chi connectivity index (χ1v) is 5.38. The molecule has 12 heavy (non-hydrogen) atoms. The molecule has 0 spiro atoms. The standard InChI is InChI=1S/C6H16N2O3S/c1-7-4-6-12(9,10)8-3-5-11-2/h7-8H,3-6H2,1-2H3. The van der Waals surface area contributed by atoms with Crippen molar-refractivity contribution >= 4 is 10.0 Å². The number of methoxy groups -OCH3 is 1. The molecule has 0 aliphatic rings. The molecule has 0 aromatic carbocycles. The molecule has 0 unspecified atom stereocenters. The summed E-state index contributed by atoms with van der Waals surface area (Å²) in [5.74, 6) is 0.104. The number of hydrogen-bond donors (Lipinski definition) is 2. The van der Waals surface area contributed by atoms with Gasteiger partial charge in [-0.25, -0.2) is 13.1 Å². The van der Waals surface area contributed by atoms with Crippen LogP contribution >= 0.6 is 0 Å². The van der Waals surface area contributed by atoms with E-state index in [0.29, 0.717) is 19.7 Å². The minimum Gasteiger partial charge on any atom is -0.383 e. The molecule has 0 aliphatic carbocycles. The molecule has 6 heteroatoms. The number of ether oxygens (including phenoxy) is 1. The molecule has 0 saturated heterocycles. The molecule has 0 aromatic rings. The van der Waals surface area contributed by atoms with Crippen LogP contribution in [-0.2, 0) is 14.8 Å². The molecule has 0 radical (unpaired) electrons.